The highest BCUT2D eigenvalue weighted by Crippen LogP contribution is 2.34. The molecule has 0 radical (unpaired) electrons. The van der Waals surface area contributed by atoms with E-state index in [0.717, 1.165) is 10.9 Å². The molecule has 0 saturated heterocycles. The summed E-state index contributed by atoms with van der Waals surface area (Å²) in [5.41, 5.74) is 7.38. The van der Waals surface area contributed by atoms with E-state index < -0.39 is 0 Å². The second-order valence-corrected chi connectivity index (χ2v) is 5.33. The fraction of sp³-hybridized carbons (Fsp3) is 0.400. The molecule has 0 amide bonds. The van der Waals surface area contributed by atoms with Crippen molar-refractivity contribution in [2.45, 2.75) is 23.8 Å². The first kappa shape index (κ1) is 9.56. The number of hydrogen-bond acceptors (Lipinski definition) is 2. The van der Waals surface area contributed by atoms with Crippen LogP contribution in [0.15, 0.2) is 27.6 Å². The summed E-state index contributed by atoms with van der Waals surface area (Å²) in [7, 11) is 0. The third kappa shape index (κ3) is 2.09. The molecule has 1 heterocycles. The minimum atomic E-state index is 0.225. The van der Waals surface area contributed by atoms with Crippen molar-refractivity contribution < 1.29 is 0 Å². The average molecular weight is 258 g/mol. The Morgan fingerprint density at radius 3 is 3.15 bits per heavy atom. The van der Waals surface area contributed by atoms with Crippen molar-refractivity contribution in [2.75, 3.05) is 5.75 Å². The van der Waals surface area contributed by atoms with Crippen LogP contribution in [0.3, 0.4) is 0 Å². The van der Waals surface area contributed by atoms with Gasteiger partial charge in [0.2, 0.25) is 0 Å². The number of fused-ring (bicyclic) bond motifs is 1. The van der Waals surface area contributed by atoms with E-state index in [4.69, 9.17) is 5.73 Å². The Balaban J connectivity index is 2.43. The van der Waals surface area contributed by atoms with Gasteiger partial charge in [0.1, 0.15) is 0 Å². The van der Waals surface area contributed by atoms with Gasteiger partial charge in [-0.15, -0.1) is 11.8 Å². The average Bonchev–Trinajstić information content (AvgIpc) is 2.29. The van der Waals surface area contributed by atoms with Crippen LogP contribution in [0.1, 0.15) is 24.4 Å². The van der Waals surface area contributed by atoms with Gasteiger partial charge in [-0.1, -0.05) is 15.9 Å². The molecule has 0 fully saturated rings. The van der Waals surface area contributed by atoms with E-state index in [0.29, 0.717) is 0 Å². The van der Waals surface area contributed by atoms with E-state index in [1.807, 2.05) is 11.8 Å². The van der Waals surface area contributed by atoms with Gasteiger partial charge in [0.15, 0.2) is 0 Å². The maximum Gasteiger partial charge on any atom is 0.0306 e. The van der Waals surface area contributed by atoms with E-state index in [9.17, 15) is 0 Å². The van der Waals surface area contributed by atoms with E-state index in [1.165, 1.54) is 22.6 Å². The molecule has 0 aromatic heterocycles. The van der Waals surface area contributed by atoms with Gasteiger partial charge in [0.25, 0.3) is 0 Å². The molecule has 2 N–H and O–H groups in total. The third-order valence-corrected chi connectivity index (χ3v) is 3.96. The molecule has 0 aliphatic carbocycles. The molecule has 1 aromatic rings. The van der Waals surface area contributed by atoms with Crippen molar-refractivity contribution in [1.29, 1.82) is 0 Å². The van der Waals surface area contributed by atoms with Crippen molar-refractivity contribution in [1.82, 2.24) is 0 Å². The van der Waals surface area contributed by atoms with Crippen LogP contribution in [0.4, 0.5) is 0 Å². The van der Waals surface area contributed by atoms with Crippen LogP contribution in [-0.4, -0.2) is 5.75 Å². The summed E-state index contributed by atoms with van der Waals surface area (Å²) in [5.74, 6) is 1.20. The number of rotatable bonds is 0. The van der Waals surface area contributed by atoms with Gasteiger partial charge in [0, 0.05) is 15.4 Å². The Labute approximate surface area is 91.2 Å². The standard InChI is InChI=1S/C10H12BrNS/c11-7-3-4-10-8(6-7)9(12)2-1-5-13-10/h3-4,6,9H,1-2,5,12H2/t9-/m1/s1. The summed E-state index contributed by atoms with van der Waals surface area (Å²) < 4.78 is 1.13. The maximum atomic E-state index is 6.08. The van der Waals surface area contributed by atoms with E-state index >= 15 is 0 Å². The first-order chi connectivity index (χ1) is 6.27. The monoisotopic (exact) mass is 257 g/mol. The summed E-state index contributed by atoms with van der Waals surface area (Å²) in [6.45, 7) is 0. The molecule has 13 heavy (non-hydrogen) atoms. The van der Waals surface area contributed by atoms with E-state index in [-0.39, 0.29) is 6.04 Å². The lowest BCUT2D eigenvalue weighted by atomic mass is 10.0. The zero-order valence-corrected chi connectivity index (χ0v) is 9.70. The Hall–Kier alpha value is 0.01000. The highest BCUT2D eigenvalue weighted by Gasteiger charge is 2.15. The Morgan fingerprint density at radius 2 is 2.31 bits per heavy atom. The zero-order chi connectivity index (χ0) is 9.26. The summed E-state index contributed by atoms with van der Waals surface area (Å²) in [4.78, 5) is 1.35. The molecule has 1 atom stereocenters. The summed E-state index contributed by atoms with van der Waals surface area (Å²) in [5, 5.41) is 0. The predicted molar refractivity (Wildman–Crippen MR) is 61.0 cm³/mol. The number of hydrogen-bond donors (Lipinski definition) is 1. The van der Waals surface area contributed by atoms with E-state index in [1.54, 1.807) is 0 Å². The van der Waals surface area contributed by atoms with Crippen molar-refractivity contribution in [3.8, 4) is 0 Å². The maximum absolute atomic E-state index is 6.08. The number of thioether (sulfide) groups is 1. The van der Waals surface area contributed by atoms with Crippen molar-refractivity contribution in [3.05, 3.63) is 28.2 Å². The molecule has 2 rings (SSSR count). The highest BCUT2D eigenvalue weighted by atomic mass is 79.9. The number of halogens is 1. The lowest BCUT2D eigenvalue weighted by Gasteiger charge is -2.11. The second-order valence-electron chi connectivity index (χ2n) is 3.28. The first-order valence-electron chi connectivity index (χ1n) is 4.45. The van der Waals surface area contributed by atoms with Crippen LogP contribution in [0.5, 0.6) is 0 Å². The van der Waals surface area contributed by atoms with E-state index in [2.05, 4.69) is 34.1 Å². The fourth-order valence-corrected chi connectivity index (χ4v) is 3.03. The number of benzene rings is 1. The van der Waals surface area contributed by atoms with Crippen LogP contribution in [0, 0.1) is 0 Å². The molecule has 0 unspecified atom stereocenters. The molecule has 3 heteroatoms. The molecule has 1 aromatic carbocycles. The molecule has 1 aliphatic rings. The Morgan fingerprint density at radius 1 is 1.46 bits per heavy atom. The van der Waals surface area contributed by atoms with Crippen LogP contribution in [-0.2, 0) is 0 Å². The molecule has 0 bridgehead atoms. The van der Waals surface area contributed by atoms with Crippen LogP contribution >= 0.6 is 27.7 Å². The first-order valence-corrected chi connectivity index (χ1v) is 6.23. The van der Waals surface area contributed by atoms with Gasteiger partial charge in [0.05, 0.1) is 0 Å². The summed E-state index contributed by atoms with van der Waals surface area (Å²) in [6, 6.07) is 6.62. The van der Waals surface area contributed by atoms with Crippen molar-refractivity contribution in [3.63, 3.8) is 0 Å². The molecule has 70 valence electrons. The number of nitrogens with two attached hydrogens (primary N) is 1. The zero-order valence-electron chi connectivity index (χ0n) is 7.29. The van der Waals surface area contributed by atoms with Gasteiger partial charge in [-0.25, -0.2) is 0 Å². The van der Waals surface area contributed by atoms with Crippen LogP contribution < -0.4 is 5.73 Å². The summed E-state index contributed by atoms with van der Waals surface area (Å²) >= 11 is 5.40. The van der Waals surface area contributed by atoms with Gasteiger partial charge >= 0.3 is 0 Å². The molecule has 1 nitrogen and oxygen atoms in total. The third-order valence-electron chi connectivity index (χ3n) is 2.29. The molecular weight excluding hydrogens is 246 g/mol. The minimum Gasteiger partial charge on any atom is -0.324 e. The lowest BCUT2D eigenvalue weighted by Crippen LogP contribution is -2.09. The van der Waals surface area contributed by atoms with Crippen molar-refractivity contribution >= 4 is 27.7 Å². The Kier molecular flexibility index (Phi) is 2.96. The van der Waals surface area contributed by atoms with Gasteiger partial charge < -0.3 is 5.73 Å². The van der Waals surface area contributed by atoms with Crippen molar-refractivity contribution in [2.24, 2.45) is 5.73 Å². The van der Waals surface area contributed by atoms with Crippen LogP contribution in [0.2, 0.25) is 0 Å². The molecule has 0 saturated carbocycles. The van der Waals surface area contributed by atoms with Gasteiger partial charge in [-0.2, -0.15) is 0 Å². The van der Waals surface area contributed by atoms with Gasteiger partial charge in [-0.05, 0) is 42.4 Å². The summed E-state index contributed by atoms with van der Waals surface area (Å²) in [6.07, 6.45) is 2.33. The molecular formula is C10H12BrNS. The quantitative estimate of drug-likeness (QED) is 0.772. The normalized spacial score (nSPS) is 22.2. The van der Waals surface area contributed by atoms with Crippen LogP contribution in [0.25, 0.3) is 0 Å². The Bertz CT molecular complexity index is 314. The smallest absolute Gasteiger partial charge is 0.0306 e. The topological polar surface area (TPSA) is 26.0 Å². The molecule has 1 aliphatic heterocycles. The fourth-order valence-electron chi connectivity index (χ4n) is 1.58. The SMILES string of the molecule is N[C@@H]1CCCSc2ccc(Br)cc21. The van der Waals surface area contributed by atoms with Gasteiger partial charge in [-0.3, -0.25) is 0 Å². The molecule has 0 spiro atoms. The highest BCUT2D eigenvalue weighted by molar-refractivity contribution is 9.10. The minimum absolute atomic E-state index is 0.225. The predicted octanol–water partition coefficient (Wildman–Crippen LogP) is 3.33. The lowest BCUT2D eigenvalue weighted by molar-refractivity contribution is 0.640. The largest absolute Gasteiger partial charge is 0.324 e. The second kappa shape index (κ2) is 4.03.